The third kappa shape index (κ3) is 24.5. The lowest BCUT2D eigenvalue weighted by atomic mass is 10.1. The Balaban J connectivity index is 3.41. The van der Waals surface area contributed by atoms with Gasteiger partial charge in [-0.1, -0.05) is 76.6 Å². The molecule has 0 unspecified atom stereocenters. The second-order valence-electron chi connectivity index (χ2n) is 7.34. The van der Waals surface area contributed by atoms with Crippen LogP contribution in [0.2, 0.25) is 0 Å². The van der Waals surface area contributed by atoms with E-state index in [0.717, 1.165) is 38.5 Å². The van der Waals surface area contributed by atoms with Crippen LogP contribution in [0.25, 0.3) is 0 Å². The highest BCUT2D eigenvalue weighted by molar-refractivity contribution is 7.80. The molecule has 0 saturated heterocycles. The van der Waals surface area contributed by atoms with Gasteiger partial charge in [0.15, 0.2) is 0 Å². The van der Waals surface area contributed by atoms with Crippen molar-refractivity contribution in [2.75, 3.05) is 13.2 Å². The molecule has 0 saturated carbocycles. The number of carbonyl (C=O) groups is 1. The molecule has 6 nitrogen and oxygen atoms in total. The first-order valence-corrected chi connectivity index (χ1v) is 12.7. The highest BCUT2D eigenvalue weighted by atomic mass is 32.3. The van der Waals surface area contributed by atoms with Gasteiger partial charge in [-0.3, -0.25) is 9.35 Å². The zero-order chi connectivity index (χ0) is 22.3. The lowest BCUT2D eigenvalue weighted by Crippen LogP contribution is -2.27. The number of hydrogen-bond donors (Lipinski definition) is 2. The zero-order valence-corrected chi connectivity index (χ0v) is 19.3. The quantitative estimate of drug-likeness (QED) is 0.181. The van der Waals surface area contributed by atoms with Crippen molar-refractivity contribution in [3.05, 3.63) is 0 Å². The van der Waals surface area contributed by atoms with Gasteiger partial charge in [-0.2, -0.15) is 8.42 Å². The SMILES string of the molecule is CCCCCCCCCCC#CC#CCCCCCCC(=O)NCCOS(=O)(=O)O. The van der Waals surface area contributed by atoms with Crippen LogP contribution in [0.5, 0.6) is 0 Å². The van der Waals surface area contributed by atoms with Crippen LogP contribution in [0.4, 0.5) is 0 Å². The summed E-state index contributed by atoms with van der Waals surface area (Å²) in [4.78, 5) is 11.5. The second kappa shape index (κ2) is 20.7. The van der Waals surface area contributed by atoms with E-state index in [1.165, 1.54) is 51.4 Å². The molecule has 0 radical (unpaired) electrons. The summed E-state index contributed by atoms with van der Waals surface area (Å²) in [6.45, 7) is 2.02. The van der Waals surface area contributed by atoms with Gasteiger partial charge in [-0.05, 0) is 31.1 Å². The molecule has 172 valence electrons. The fraction of sp³-hybridized carbons (Fsp3) is 0.783. The third-order valence-corrected chi connectivity index (χ3v) is 4.97. The van der Waals surface area contributed by atoms with Crippen molar-refractivity contribution in [1.29, 1.82) is 0 Å². The van der Waals surface area contributed by atoms with Crippen LogP contribution in [-0.4, -0.2) is 32.0 Å². The fourth-order valence-electron chi connectivity index (χ4n) is 2.84. The molecular weight excluding hydrogens is 402 g/mol. The van der Waals surface area contributed by atoms with Gasteiger partial charge >= 0.3 is 10.4 Å². The fourth-order valence-corrected chi connectivity index (χ4v) is 3.13. The maximum absolute atomic E-state index is 11.5. The number of hydrogen-bond acceptors (Lipinski definition) is 4. The maximum Gasteiger partial charge on any atom is 0.397 e. The minimum Gasteiger partial charge on any atom is -0.354 e. The van der Waals surface area contributed by atoms with Gasteiger partial charge in [0.1, 0.15) is 0 Å². The van der Waals surface area contributed by atoms with Gasteiger partial charge < -0.3 is 5.32 Å². The van der Waals surface area contributed by atoms with Crippen molar-refractivity contribution < 1.29 is 21.9 Å². The Hall–Kier alpha value is -1.54. The summed E-state index contributed by atoms with van der Waals surface area (Å²) in [7, 11) is -4.44. The topological polar surface area (TPSA) is 92.7 Å². The molecule has 0 aromatic carbocycles. The molecule has 0 heterocycles. The van der Waals surface area contributed by atoms with Crippen molar-refractivity contribution >= 4 is 16.3 Å². The van der Waals surface area contributed by atoms with Crippen LogP contribution in [0.15, 0.2) is 0 Å². The van der Waals surface area contributed by atoms with Gasteiger partial charge in [0.05, 0.1) is 6.61 Å². The number of rotatable bonds is 18. The van der Waals surface area contributed by atoms with E-state index >= 15 is 0 Å². The van der Waals surface area contributed by atoms with Gasteiger partial charge in [0.25, 0.3) is 0 Å². The first-order chi connectivity index (χ1) is 14.5. The molecule has 0 fully saturated rings. The number of amides is 1. The number of unbranched alkanes of at least 4 members (excludes halogenated alkanes) is 12. The Morgan fingerprint density at radius 3 is 1.87 bits per heavy atom. The largest absolute Gasteiger partial charge is 0.397 e. The second-order valence-corrected chi connectivity index (χ2v) is 8.43. The molecule has 0 bridgehead atoms. The molecule has 0 aliphatic heterocycles. The molecule has 0 atom stereocenters. The zero-order valence-electron chi connectivity index (χ0n) is 18.5. The van der Waals surface area contributed by atoms with Gasteiger partial charge in [0, 0.05) is 25.8 Å². The predicted octanol–water partition coefficient (Wildman–Crippen LogP) is 4.80. The molecule has 0 aliphatic carbocycles. The average molecular weight is 442 g/mol. The van der Waals surface area contributed by atoms with E-state index in [1.54, 1.807) is 0 Å². The van der Waals surface area contributed by atoms with Gasteiger partial charge in [0.2, 0.25) is 5.91 Å². The molecule has 30 heavy (non-hydrogen) atoms. The minimum absolute atomic E-state index is 0.0499. The lowest BCUT2D eigenvalue weighted by Gasteiger charge is -2.04. The van der Waals surface area contributed by atoms with Crippen molar-refractivity contribution in [1.82, 2.24) is 5.32 Å². The molecule has 0 aliphatic rings. The summed E-state index contributed by atoms with van der Waals surface area (Å²) in [5.41, 5.74) is 0. The summed E-state index contributed by atoms with van der Waals surface area (Å²) in [5, 5.41) is 2.53. The van der Waals surface area contributed by atoms with Gasteiger partial charge in [-0.25, -0.2) is 4.18 Å². The van der Waals surface area contributed by atoms with Crippen LogP contribution < -0.4 is 5.32 Å². The highest BCUT2D eigenvalue weighted by Crippen LogP contribution is 2.09. The normalized spacial score (nSPS) is 10.6. The Morgan fingerprint density at radius 2 is 1.33 bits per heavy atom. The van der Waals surface area contributed by atoms with Crippen LogP contribution in [-0.2, 0) is 19.4 Å². The summed E-state index contributed by atoms with van der Waals surface area (Å²) < 4.78 is 33.2. The van der Waals surface area contributed by atoms with Crippen LogP contribution >= 0.6 is 0 Å². The van der Waals surface area contributed by atoms with Crippen LogP contribution in [0.1, 0.15) is 103 Å². The Bertz CT molecular complexity index is 653. The van der Waals surface area contributed by atoms with Crippen molar-refractivity contribution in [3.63, 3.8) is 0 Å². The Labute approximate surface area is 183 Å². The van der Waals surface area contributed by atoms with Crippen LogP contribution in [0, 0.1) is 23.7 Å². The van der Waals surface area contributed by atoms with E-state index in [2.05, 4.69) is 40.1 Å². The summed E-state index contributed by atoms with van der Waals surface area (Å²) >= 11 is 0. The number of carbonyl (C=O) groups excluding carboxylic acids is 1. The lowest BCUT2D eigenvalue weighted by molar-refractivity contribution is -0.121. The maximum atomic E-state index is 11.5. The Kier molecular flexibility index (Phi) is 19.7. The van der Waals surface area contributed by atoms with Crippen LogP contribution in [0.3, 0.4) is 0 Å². The molecule has 0 rings (SSSR count). The molecule has 0 aromatic heterocycles. The van der Waals surface area contributed by atoms with E-state index in [9.17, 15) is 13.2 Å². The molecular formula is C23H39NO5S. The van der Waals surface area contributed by atoms with E-state index < -0.39 is 10.4 Å². The number of nitrogens with one attached hydrogen (secondary N) is 1. The minimum atomic E-state index is -4.44. The first-order valence-electron chi connectivity index (χ1n) is 11.3. The van der Waals surface area contributed by atoms with E-state index in [4.69, 9.17) is 4.55 Å². The smallest absolute Gasteiger partial charge is 0.354 e. The molecule has 1 amide bonds. The van der Waals surface area contributed by atoms with Crippen molar-refractivity contribution in [2.45, 2.75) is 103 Å². The molecule has 0 spiro atoms. The average Bonchev–Trinajstić information content (AvgIpc) is 2.69. The summed E-state index contributed by atoms with van der Waals surface area (Å²) in [6, 6.07) is 0. The monoisotopic (exact) mass is 441 g/mol. The van der Waals surface area contributed by atoms with E-state index in [-0.39, 0.29) is 19.1 Å². The standard InChI is InChI=1S/C23H39NO5S/c1-2-3-4-5-6-7-8-9-10-11-12-13-14-15-16-17-18-19-20-23(25)24-21-22-29-30(26,27)28/h2-10,15-22H2,1H3,(H,24,25)(H,26,27,28). The predicted molar refractivity (Wildman–Crippen MR) is 121 cm³/mol. The van der Waals surface area contributed by atoms with Crippen molar-refractivity contribution in [3.8, 4) is 23.7 Å². The van der Waals surface area contributed by atoms with E-state index in [1.807, 2.05) is 0 Å². The molecule has 2 N–H and O–H groups in total. The van der Waals surface area contributed by atoms with E-state index in [0.29, 0.717) is 6.42 Å². The summed E-state index contributed by atoms with van der Waals surface area (Å²) in [6.07, 6.45) is 16.4. The summed E-state index contributed by atoms with van der Waals surface area (Å²) in [5.74, 6) is 11.9. The Morgan fingerprint density at radius 1 is 0.833 bits per heavy atom. The first kappa shape index (κ1) is 28.5. The molecule has 0 aromatic rings. The highest BCUT2D eigenvalue weighted by Gasteiger charge is 2.05. The van der Waals surface area contributed by atoms with Gasteiger partial charge in [-0.15, -0.1) is 0 Å². The van der Waals surface area contributed by atoms with Crippen molar-refractivity contribution in [2.24, 2.45) is 0 Å². The molecule has 7 heteroatoms. The third-order valence-electron chi connectivity index (χ3n) is 4.51.